The average Bonchev–Trinajstić information content (AvgIpc) is 2.55. The molecule has 0 aromatic heterocycles. The second-order valence-corrected chi connectivity index (χ2v) is 5.54. The van der Waals surface area contributed by atoms with Crippen molar-refractivity contribution in [2.45, 2.75) is 26.7 Å². The van der Waals surface area contributed by atoms with E-state index in [1.54, 1.807) is 6.07 Å². The van der Waals surface area contributed by atoms with Gasteiger partial charge < -0.3 is 10.4 Å². The molecule has 0 aliphatic carbocycles. The predicted molar refractivity (Wildman–Crippen MR) is 86.9 cm³/mol. The van der Waals surface area contributed by atoms with E-state index in [4.69, 9.17) is 0 Å². The Hall–Kier alpha value is -2.36. The van der Waals surface area contributed by atoms with Crippen LogP contribution >= 0.6 is 0 Å². The standard InChI is InChI=1S/C18H21NO3/c1-3-18(4-2,17(21)22)12-19-16(20)15-10-9-13-7-5-6-8-14(13)11-15/h5-11H,3-4,12H2,1-2H3,(H,19,20)(H,21,22). The lowest BCUT2D eigenvalue weighted by Crippen LogP contribution is -2.42. The highest BCUT2D eigenvalue weighted by atomic mass is 16.4. The fraction of sp³-hybridized carbons (Fsp3) is 0.333. The summed E-state index contributed by atoms with van der Waals surface area (Å²) in [4.78, 5) is 23.7. The number of carboxylic acids is 1. The highest BCUT2D eigenvalue weighted by molar-refractivity contribution is 5.98. The molecule has 0 saturated heterocycles. The molecular weight excluding hydrogens is 278 g/mol. The molecule has 0 saturated carbocycles. The first kappa shape index (κ1) is 16.0. The lowest BCUT2D eigenvalue weighted by molar-refractivity contribution is -0.149. The molecule has 4 heteroatoms. The third kappa shape index (κ3) is 3.11. The number of aliphatic carboxylic acids is 1. The van der Waals surface area contributed by atoms with Gasteiger partial charge in [0, 0.05) is 12.1 Å². The second-order valence-electron chi connectivity index (χ2n) is 5.54. The van der Waals surface area contributed by atoms with Crippen LogP contribution in [0.5, 0.6) is 0 Å². The molecule has 1 amide bonds. The van der Waals surface area contributed by atoms with E-state index in [2.05, 4.69) is 5.32 Å². The van der Waals surface area contributed by atoms with E-state index in [9.17, 15) is 14.7 Å². The number of benzene rings is 2. The summed E-state index contributed by atoms with van der Waals surface area (Å²) >= 11 is 0. The number of rotatable bonds is 6. The number of nitrogens with one attached hydrogen (secondary N) is 1. The van der Waals surface area contributed by atoms with Gasteiger partial charge in [0.1, 0.15) is 0 Å². The van der Waals surface area contributed by atoms with E-state index in [0.29, 0.717) is 18.4 Å². The van der Waals surface area contributed by atoms with Crippen LogP contribution in [-0.2, 0) is 4.79 Å². The maximum Gasteiger partial charge on any atom is 0.311 e. The first-order valence-corrected chi connectivity index (χ1v) is 7.53. The van der Waals surface area contributed by atoms with Crippen molar-refractivity contribution in [2.75, 3.05) is 6.54 Å². The summed E-state index contributed by atoms with van der Waals surface area (Å²) in [5.74, 6) is -1.10. The van der Waals surface area contributed by atoms with E-state index in [1.807, 2.05) is 50.2 Å². The number of carbonyl (C=O) groups is 2. The smallest absolute Gasteiger partial charge is 0.311 e. The average molecular weight is 299 g/mol. The molecule has 0 atom stereocenters. The van der Waals surface area contributed by atoms with Gasteiger partial charge >= 0.3 is 5.97 Å². The summed E-state index contributed by atoms with van der Waals surface area (Å²) < 4.78 is 0. The molecule has 0 bridgehead atoms. The molecule has 0 radical (unpaired) electrons. The second kappa shape index (κ2) is 6.60. The Balaban J connectivity index is 2.15. The quantitative estimate of drug-likeness (QED) is 0.858. The van der Waals surface area contributed by atoms with Gasteiger partial charge in [-0.3, -0.25) is 9.59 Å². The minimum Gasteiger partial charge on any atom is -0.481 e. The first-order chi connectivity index (χ1) is 10.5. The first-order valence-electron chi connectivity index (χ1n) is 7.53. The van der Waals surface area contributed by atoms with Gasteiger partial charge in [-0.1, -0.05) is 44.2 Å². The van der Waals surface area contributed by atoms with Crippen molar-refractivity contribution in [1.82, 2.24) is 5.32 Å². The Morgan fingerprint density at radius 2 is 1.68 bits per heavy atom. The van der Waals surface area contributed by atoms with Crippen LogP contribution in [-0.4, -0.2) is 23.5 Å². The molecule has 0 aliphatic rings. The van der Waals surface area contributed by atoms with Crippen LogP contribution in [0.4, 0.5) is 0 Å². The minimum atomic E-state index is -0.896. The fourth-order valence-electron chi connectivity index (χ4n) is 2.56. The largest absolute Gasteiger partial charge is 0.481 e. The van der Waals surface area contributed by atoms with E-state index in [1.165, 1.54) is 0 Å². The van der Waals surface area contributed by atoms with Gasteiger partial charge in [0.15, 0.2) is 0 Å². The number of hydrogen-bond acceptors (Lipinski definition) is 2. The predicted octanol–water partition coefficient (Wildman–Crippen LogP) is 3.46. The maximum absolute atomic E-state index is 12.3. The van der Waals surface area contributed by atoms with Gasteiger partial charge in [-0.2, -0.15) is 0 Å². The summed E-state index contributed by atoms with van der Waals surface area (Å²) in [5.41, 5.74) is -0.350. The molecule has 22 heavy (non-hydrogen) atoms. The molecular formula is C18H21NO3. The van der Waals surface area contributed by atoms with Crippen molar-refractivity contribution in [1.29, 1.82) is 0 Å². The van der Waals surface area contributed by atoms with Crippen molar-refractivity contribution in [3.63, 3.8) is 0 Å². The summed E-state index contributed by atoms with van der Waals surface area (Å²) in [5, 5.41) is 14.2. The zero-order valence-electron chi connectivity index (χ0n) is 12.9. The van der Waals surface area contributed by atoms with Crippen molar-refractivity contribution < 1.29 is 14.7 Å². The number of hydrogen-bond donors (Lipinski definition) is 2. The van der Waals surface area contributed by atoms with Crippen LogP contribution in [0.3, 0.4) is 0 Å². The van der Waals surface area contributed by atoms with E-state index >= 15 is 0 Å². The van der Waals surface area contributed by atoms with Gasteiger partial charge in [-0.15, -0.1) is 0 Å². The van der Waals surface area contributed by atoms with Crippen LogP contribution < -0.4 is 5.32 Å². The van der Waals surface area contributed by atoms with Gasteiger partial charge in [0.05, 0.1) is 5.41 Å². The molecule has 0 fully saturated rings. The van der Waals surface area contributed by atoms with Crippen LogP contribution in [0.1, 0.15) is 37.0 Å². The van der Waals surface area contributed by atoms with Crippen LogP contribution in [0.15, 0.2) is 42.5 Å². The zero-order chi connectivity index (χ0) is 16.2. The van der Waals surface area contributed by atoms with E-state index in [0.717, 1.165) is 10.8 Å². The zero-order valence-corrected chi connectivity index (χ0v) is 12.9. The van der Waals surface area contributed by atoms with E-state index < -0.39 is 11.4 Å². The lowest BCUT2D eigenvalue weighted by atomic mass is 9.82. The maximum atomic E-state index is 12.3. The number of amides is 1. The Labute approximate surface area is 130 Å². The van der Waals surface area contributed by atoms with Crippen molar-refractivity contribution >= 4 is 22.6 Å². The molecule has 116 valence electrons. The Morgan fingerprint density at radius 1 is 1.05 bits per heavy atom. The lowest BCUT2D eigenvalue weighted by Gasteiger charge is -2.26. The SMILES string of the molecule is CCC(CC)(CNC(=O)c1ccc2ccccc2c1)C(=O)O. The molecule has 0 spiro atoms. The highest BCUT2D eigenvalue weighted by Gasteiger charge is 2.35. The normalized spacial score (nSPS) is 11.4. The van der Waals surface area contributed by atoms with E-state index in [-0.39, 0.29) is 12.5 Å². The summed E-state index contributed by atoms with van der Waals surface area (Å²) in [6, 6.07) is 13.3. The topological polar surface area (TPSA) is 66.4 Å². The molecule has 0 heterocycles. The van der Waals surface area contributed by atoms with Gasteiger partial charge in [-0.05, 0) is 35.7 Å². The summed E-state index contributed by atoms with van der Waals surface area (Å²) in [6.45, 7) is 3.81. The van der Waals surface area contributed by atoms with Crippen LogP contribution in [0.2, 0.25) is 0 Å². The fourth-order valence-corrected chi connectivity index (χ4v) is 2.56. The molecule has 2 rings (SSSR count). The Bertz CT molecular complexity index is 690. The molecule has 2 aromatic carbocycles. The molecule has 2 aromatic rings. The number of fused-ring (bicyclic) bond motifs is 1. The van der Waals surface area contributed by atoms with Crippen molar-refractivity contribution in [3.8, 4) is 0 Å². The molecule has 0 unspecified atom stereocenters. The highest BCUT2D eigenvalue weighted by Crippen LogP contribution is 2.26. The van der Waals surface area contributed by atoms with Crippen molar-refractivity contribution in [2.24, 2.45) is 5.41 Å². The minimum absolute atomic E-state index is 0.140. The molecule has 2 N–H and O–H groups in total. The van der Waals surface area contributed by atoms with Gasteiger partial charge in [-0.25, -0.2) is 0 Å². The number of carboxylic acid groups (broad SMARTS) is 1. The van der Waals surface area contributed by atoms with Crippen molar-refractivity contribution in [3.05, 3.63) is 48.0 Å². The Kier molecular flexibility index (Phi) is 4.81. The van der Waals surface area contributed by atoms with Gasteiger partial charge in [0.2, 0.25) is 0 Å². The number of carbonyl (C=O) groups excluding carboxylic acids is 1. The van der Waals surface area contributed by atoms with Crippen LogP contribution in [0.25, 0.3) is 10.8 Å². The Morgan fingerprint density at radius 3 is 2.27 bits per heavy atom. The monoisotopic (exact) mass is 299 g/mol. The van der Waals surface area contributed by atoms with Crippen LogP contribution in [0, 0.1) is 5.41 Å². The molecule has 4 nitrogen and oxygen atoms in total. The summed E-state index contributed by atoms with van der Waals surface area (Å²) in [7, 11) is 0. The third-order valence-corrected chi connectivity index (χ3v) is 4.41. The summed E-state index contributed by atoms with van der Waals surface area (Å²) in [6.07, 6.45) is 0.966. The molecule has 0 aliphatic heterocycles. The third-order valence-electron chi connectivity index (χ3n) is 4.41. The van der Waals surface area contributed by atoms with Gasteiger partial charge in [0.25, 0.3) is 5.91 Å².